The third-order valence-corrected chi connectivity index (χ3v) is 7.36. The molecule has 2 aromatic rings. The highest BCUT2D eigenvalue weighted by Crippen LogP contribution is 2.34. The molecule has 11 heteroatoms. The maximum absolute atomic E-state index is 12.9. The first-order valence-electron chi connectivity index (χ1n) is 7.62. The van der Waals surface area contributed by atoms with Crippen LogP contribution in [0.1, 0.15) is 35.3 Å². The highest BCUT2D eigenvalue weighted by Gasteiger charge is 2.37. The lowest BCUT2D eigenvalue weighted by atomic mass is 9.99. The van der Waals surface area contributed by atoms with E-state index in [-0.39, 0.29) is 22.5 Å². The summed E-state index contributed by atoms with van der Waals surface area (Å²) in [6.45, 7) is 2.17. The van der Waals surface area contributed by atoms with E-state index in [0.717, 1.165) is 17.5 Å². The van der Waals surface area contributed by atoms with Gasteiger partial charge in [-0.1, -0.05) is 0 Å². The van der Waals surface area contributed by atoms with Gasteiger partial charge in [0.15, 0.2) is 9.90 Å². The van der Waals surface area contributed by atoms with E-state index in [1.54, 1.807) is 6.92 Å². The van der Waals surface area contributed by atoms with Gasteiger partial charge in [0, 0.05) is 32.3 Å². The van der Waals surface area contributed by atoms with Crippen molar-refractivity contribution < 1.29 is 21.6 Å². The SMILES string of the molecule is Cc1ncc(S(=O)(=O)N2CCCC(c3nc(C(F)(F)F)cn3C)C2)s1. The maximum Gasteiger partial charge on any atom is 0.434 e. The number of sulfonamides is 1. The quantitative estimate of drug-likeness (QED) is 0.803. The van der Waals surface area contributed by atoms with Crippen molar-refractivity contribution in [3.8, 4) is 0 Å². The van der Waals surface area contributed by atoms with Crippen molar-refractivity contribution in [2.75, 3.05) is 13.1 Å². The Bertz CT molecular complexity index is 873. The largest absolute Gasteiger partial charge is 0.434 e. The zero-order valence-electron chi connectivity index (χ0n) is 13.6. The Kier molecular flexibility index (Phi) is 4.67. The Morgan fingerprint density at radius 2 is 2.08 bits per heavy atom. The molecular formula is C14H17F3N4O2S2. The zero-order chi connectivity index (χ0) is 18.4. The second-order valence-corrected chi connectivity index (χ2v) is 9.39. The van der Waals surface area contributed by atoms with E-state index in [1.165, 1.54) is 22.1 Å². The van der Waals surface area contributed by atoms with Gasteiger partial charge >= 0.3 is 6.18 Å². The molecule has 0 saturated carbocycles. The van der Waals surface area contributed by atoms with Crippen molar-refractivity contribution in [3.05, 3.63) is 28.9 Å². The molecule has 0 aliphatic carbocycles. The summed E-state index contributed by atoms with van der Waals surface area (Å²) in [5.74, 6) is -0.119. The number of thiazole rings is 1. The second kappa shape index (κ2) is 6.36. The van der Waals surface area contributed by atoms with Gasteiger partial charge in [0.25, 0.3) is 10.0 Å². The number of piperidine rings is 1. The minimum Gasteiger partial charge on any atom is -0.337 e. The molecule has 6 nitrogen and oxygen atoms in total. The predicted molar refractivity (Wildman–Crippen MR) is 85.8 cm³/mol. The van der Waals surface area contributed by atoms with Crippen LogP contribution in [-0.4, -0.2) is 40.3 Å². The lowest BCUT2D eigenvalue weighted by Gasteiger charge is -2.31. The summed E-state index contributed by atoms with van der Waals surface area (Å²) in [6, 6.07) is 0. The van der Waals surface area contributed by atoms with Crippen molar-refractivity contribution in [1.82, 2.24) is 18.8 Å². The van der Waals surface area contributed by atoms with E-state index < -0.39 is 21.9 Å². The molecule has 3 heterocycles. The van der Waals surface area contributed by atoms with Crippen LogP contribution in [0.4, 0.5) is 13.2 Å². The van der Waals surface area contributed by atoms with E-state index in [1.807, 2.05) is 0 Å². The van der Waals surface area contributed by atoms with Gasteiger partial charge in [-0.2, -0.15) is 17.5 Å². The summed E-state index contributed by atoms with van der Waals surface area (Å²) in [5, 5.41) is 0.644. The molecule has 1 aliphatic heterocycles. The molecule has 1 aliphatic rings. The molecule has 1 fully saturated rings. The highest BCUT2D eigenvalue weighted by atomic mass is 32.2. The van der Waals surface area contributed by atoms with Crippen LogP contribution in [0.5, 0.6) is 0 Å². The van der Waals surface area contributed by atoms with Crippen LogP contribution in [0, 0.1) is 6.92 Å². The number of hydrogen-bond donors (Lipinski definition) is 0. The van der Waals surface area contributed by atoms with Gasteiger partial charge in [-0.3, -0.25) is 0 Å². The van der Waals surface area contributed by atoms with Crippen molar-refractivity contribution in [2.45, 2.75) is 36.1 Å². The fourth-order valence-electron chi connectivity index (χ4n) is 2.96. The summed E-state index contributed by atoms with van der Waals surface area (Å²) in [6.07, 6.45) is -1.10. The highest BCUT2D eigenvalue weighted by molar-refractivity contribution is 7.91. The average molecular weight is 394 g/mol. The first kappa shape index (κ1) is 18.3. The molecule has 1 saturated heterocycles. The molecule has 2 aromatic heterocycles. The van der Waals surface area contributed by atoms with Crippen LogP contribution in [0.3, 0.4) is 0 Å². The molecule has 0 N–H and O–H groups in total. The normalized spacial score (nSPS) is 20.1. The van der Waals surface area contributed by atoms with Gasteiger partial charge in [0.1, 0.15) is 5.82 Å². The molecule has 0 amide bonds. The third-order valence-electron chi connectivity index (χ3n) is 4.15. The standard InChI is InChI=1S/C14H17F3N4O2S2/c1-9-18-6-12(24-9)25(22,23)21-5-3-4-10(7-21)13-19-11(8-20(13)2)14(15,16)17/h6,8,10H,3-5,7H2,1-2H3. The number of nitrogens with zero attached hydrogens (tertiary/aromatic N) is 4. The van der Waals surface area contributed by atoms with Crippen molar-refractivity contribution in [2.24, 2.45) is 7.05 Å². The summed E-state index contributed by atoms with van der Waals surface area (Å²) in [7, 11) is -2.19. The monoisotopic (exact) mass is 394 g/mol. The Balaban J connectivity index is 1.86. The van der Waals surface area contributed by atoms with E-state index in [4.69, 9.17) is 0 Å². The first-order chi connectivity index (χ1) is 11.6. The molecule has 0 spiro atoms. The van der Waals surface area contributed by atoms with Gasteiger partial charge in [0.2, 0.25) is 0 Å². The summed E-state index contributed by atoms with van der Waals surface area (Å²) in [4.78, 5) is 7.68. The summed E-state index contributed by atoms with van der Waals surface area (Å²) < 4.78 is 66.8. The Morgan fingerprint density at radius 3 is 2.64 bits per heavy atom. The van der Waals surface area contributed by atoms with Gasteiger partial charge in [0.05, 0.1) is 11.2 Å². The lowest BCUT2D eigenvalue weighted by Crippen LogP contribution is -2.39. The van der Waals surface area contributed by atoms with E-state index in [0.29, 0.717) is 24.4 Å². The molecule has 3 rings (SSSR count). The van der Waals surface area contributed by atoms with Crippen LogP contribution >= 0.6 is 11.3 Å². The van der Waals surface area contributed by atoms with Crippen molar-refractivity contribution in [3.63, 3.8) is 0 Å². The van der Waals surface area contributed by atoms with Crippen LogP contribution in [0.15, 0.2) is 16.6 Å². The summed E-state index contributed by atoms with van der Waals surface area (Å²) >= 11 is 1.09. The average Bonchev–Trinajstić information content (AvgIpc) is 3.13. The van der Waals surface area contributed by atoms with E-state index in [2.05, 4.69) is 9.97 Å². The molecule has 0 bridgehead atoms. The van der Waals surface area contributed by atoms with Gasteiger partial charge in [-0.15, -0.1) is 11.3 Å². The number of imidazole rings is 1. The fraction of sp³-hybridized carbons (Fsp3) is 0.571. The van der Waals surface area contributed by atoms with Crippen molar-refractivity contribution in [1.29, 1.82) is 0 Å². The zero-order valence-corrected chi connectivity index (χ0v) is 15.2. The number of hydrogen-bond acceptors (Lipinski definition) is 5. The number of halogens is 3. The topological polar surface area (TPSA) is 68.1 Å². The minimum atomic E-state index is -4.52. The molecule has 1 unspecified atom stereocenters. The van der Waals surface area contributed by atoms with Crippen LogP contribution in [0.2, 0.25) is 0 Å². The Labute approximate surface area is 147 Å². The molecule has 1 atom stereocenters. The van der Waals surface area contributed by atoms with Gasteiger partial charge in [-0.05, 0) is 19.8 Å². The number of aryl methyl sites for hydroxylation is 2. The van der Waals surface area contributed by atoms with Gasteiger partial charge < -0.3 is 4.57 Å². The van der Waals surface area contributed by atoms with E-state index >= 15 is 0 Å². The Hall–Kier alpha value is -1.46. The van der Waals surface area contributed by atoms with E-state index in [9.17, 15) is 21.6 Å². The Morgan fingerprint density at radius 1 is 1.36 bits per heavy atom. The molecule has 0 aromatic carbocycles. The van der Waals surface area contributed by atoms with Crippen LogP contribution in [0.25, 0.3) is 0 Å². The predicted octanol–water partition coefficient (Wildman–Crippen LogP) is 2.77. The smallest absolute Gasteiger partial charge is 0.337 e. The molecule has 0 radical (unpaired) electrons. The fourth-order valence-corrected chi connectivity index (χ4v) is 5.74. The number of aromatic nitrogens is 3. The third kappa shape index (κ3) is 3.58. The van der Waals surface area contributed by atoms with Gasteiger partial charge in [-0.25, -0.2) is 18.4 Å². The maximum atomic E-state index is 12.9. The van der Waals surface area contributed by atoms with Crippen LogP contribution < -0.4 is 0 Å². The lowest BCUT2D eigenvalue weighted by molar-refractivity contribution is -0.141. The summed E-state index contributed by atoms with van der Waals surface area (Å²) in [5.41, 5.74) is -0.955. The number of alkyl halides is 3. The van der Waals surface area contributed by atoms with Crippen LogP contribution in [-0.2, 0) is 23.2 Å². The molecule has 25 heavy (non-hydrogen) atoms. The second-order valence-electron chi connectivity index (χ2n) is 5.99. The molecular weight excluding hydrogens is 377 g/mol. The van der Waals surface area contributed by atoms with Crippen molar-refractivity contribution >= 4 is 21.4 Å². The first-order valence-corrected chi connectivity index (χ1v) is 9.87. The molecule has 138 valence electrons. The number of rotatable bonds is 3. The minimum absolute atomic E-state index is 0.113.